The minimum atomic E-state index is -0.569. The van der Waals surface area contributed by atoms with Crippen LogP contribution >= 0.6 is 11.6 Å². The second-order valence-corrected chi connectivity index (χ2v) is 7.54. The van der Waals surface area contributed by atoms with Gasteiger partial charge in [-0.25, -0.2) is 0 Å². The summed E-state index contributed by atoms with van der Waals surface area (Å²) in [6.45, 7) is 2.10. The molecular formula is C21H20ClN3O4. The largest absolute Gasteiger partial charge is 0.457 e. The summed E-state index contributed by atoms with van der Waals surface area (Å²) in [5.41, 5.74) is 0.196. The third-order valence-corrected chi connectivity index (χ3v) is 5.45. The highest BCUT2D eigenvalue weighted by atomic mass is 35.5. The molecule has 2 aromatic rings. The van der Waals surface area contributed by atoms with Crippen molar-refractivity contribution in [1.82, 2.24) is 5.32 Å². The van der Waals surface area contributed by atoms with E-state index in [9.17, 15) is 20.2 Å². The third kappa shape index (κ3) is 4.84. The number of hydrogen-bond acceptors (Lipinski definition) is 5. The van der Waals surface area contributed by atoms with Crippen LogP contribution in [0.3, 0.4) is 0 Å². The standard InChI is InChI=1S/C21H20ClN3O4/c1-13-4-2-3-5-18(13)24-21(26)15(12-23)10-16-7-9-20(29-16)14-6-8-17(22)19(11-14)25(27)28/h6-11,13,18H,2-5H2,1H3,(H,24,26). The van der Waals surface area contributed by atoms with E-state index in [-0.39, 0.29) is 22.3 Å². The molecule has 1 aliphatic rings. The van der Waals surface area contributed by atoms with E-state index in [4.69, 9.17) is 16.0 Å². The minimum Gasteiger partial charge on any atom is -0.457 e. The maximum atomic E-state index is 12.5. The first-order chi connectivity index (χ1) is 13.9. The summed E-state index contributed by atoms with van der Waals surface area (Å²) < 4.78 is 5.66. The molecule has 2 atom stereocenters. The Labute approximate surface area is 173 Å². The van der Waals surface area contributed by atoms with E-state index in [2.05, 4.69) is 12.2 Å². The zero-order chi connectivity index (χ0) is 21.0. The predicted octanol–water partition coefficient (Wildman–Crippen LogP) is 5.11. The number of nitro benzene ring substituents is 1. The molecule has 1 aromatic carbocycles. The topological polar surface area (TPSA) is 109 Å². The van der Waals surface area contributed by atoms with Crippen LogP contribution in [0.5, 0.6) is 0 Å². The fraction of sp³-hybridized carbons (Fsp3) is 0.333. The lowest BCUT2D eigenvalue weighted by Gasteiger charge is -2.29. The van der Waals surface area contributed by atoms with Crippen LogP contribution in [0.15, 0.2) is 40.3 Å². The minimum absolute atomic E-state index is 0.0332. The monoisotopic (exact) mass is 413 g/mol. The van der Waals surface area contributed by atoms with Gasteiger partial charge < -0.3 is 9.73 Å². The smallest absolute Gasteiger partial charge is 0.288 e. The van der Waals surface area contributed by atoms with Crippen LogP contribution < -0.4 is 5.32 Å². The maximum absolute atomic E-state index is 12.5. The van der Waals surface area contributed by atoms with Crippen molar-refractivity contribution in [2.75, 3.05) is 0 Å². The summed E-state index contributed by atoms with van der Waals surface area (Å²) in [5.74, 6) is 0.630. The van der Waals surface area contributed by atoms with Gasteiger partial charge in [0.2, 0.25) is 0 Å². The van der Waals surface area contributed by atoms with E-state index in [1.54, 1.807) is 18.2 Å². The average molecular weight is 414 g/mol. The molecule has 1 heterocycles. The number of nitrogens with zero attached hydrogens (tertiary/aromatic N) is 2. The first-order valence-electron chi connectivity index (χ1n) is 9.36. The normalized spacial score (nSPS) is 19.4. The SMILES string of the molecule is CC1CCCCC1NC(=O)C(C#N)=Cc1ccc(-c2ccc(Cl)c([N+](=O)[O-])c2)o1. The zero-order valence-corrected chi connectivity index (χ0v) is 16.6. The zero-order valence-electron chi connectivity index (χ0n) is 15.9. The van der Waals surface area contributed by atoms with Gasteiger partial charge in [0.25, 0.3) is 11.6 Å². The third-order valence-electron chi connectivity index (χ3n) is 5.13. The molecule has 29 heavy (non-hydrogen) atoms. The number of nitrogens with one attached hydrogen (secondary N) is 1. The number of rotatable bonds is 5. The van der Waals surface area contributed by atoms with E-state index in [1.165, 1.54) is 18.2 Å². The van der Waals surface area contributed by atoms with Crippen molar-refractivity contribution in [3.8, 4) is 17.4 Å². The lowest BCUT2D eigenvalue weighted by molar-refractivity contribution is -0.384. The average Bonchev–Trinajstić information content (AvgIpc) is 3.16. The number of furan rings is 1. The number of amides is 1. The van der Waals surface area contributed by atoms with Crippen LogP contribution in [0.2, 0.25) is 5.02 Å². The van der Waals surface area contributed by atoms with Crippen molar-refractivity contribution in [1.29, 1.82) is 5.26 Å². The molecule has 1 aliphatic carbocycles. The van der Waals surface area contributed by atoms with Crippen LogP contribution in [0.1, 0.15) is 38.4 Å². The quantitative estimate of drug-likeness (QED) is 0.317. The maximum Gasteiger partial charge on any atom is 0.288 e. The van der Waals surface area contributed by atoms with Gasteiger partial charge in [0.15, 0.2) is 0 Å². The van der Waals surface area contributed by atoms with Gasteiger partial charge in [-0.05, 0) is 43.0 Å². The molecular weight excluding hydrogens is 394 g/mol. The Balaban J connectivity index is 1.79. The van der Waals surface area contributed by atoms with Crippen LogP contribution in [0.25, 0.3) is 17.4 Å². The molecule has 1 saturated carbocycles. The number of hydrogen-bond donors (Lipinski definition) is 1. The molecule has 3 rings (SSSR count). The van der Waals surface area contributed by atoms with Crippen molar-refractivity contribution in [3.63, 3.8) is 0 Å². The van der Waals surface area contributed by atoms with E-state index < -0.39 is 10.8 Å². The molecule has 1 amide bonds. The highest BCUT2D eigenvalue weighted by Crippen LogP contribution is 2.31. The van der Waals surface area contributed by atoms with Crippen molar-refractivity contribution < 1.29 is 14.1 Å². The highest BCUT2D eigenvalue weighted by molar-refractivity contribution is 6.32. The predicted molar refractivity (Wildman–Crippen MR) is 109 cm³/mol. The van der Waals surface area contributed by atoms with Gasteiger partial charge in [0.05, 0.1) is 4.92 Å². The number of benzene rings is 1. The molecule has 150 valence electrons. The molecule has 0 bridgehead atoms. The molecule has 7 nitrogen and oxygen atoms in total. The van der Waals surface area contributed by atoms with E-state index in [0.717, 1.165) is 25.7 Å². The number of carbonyl (C=O) groups excluding carboxylic acids is 1. The second kappa shape index (κ2) is 8.93. The van der Waals surface area contributed by atoms with Gasteiger partial charge >= 0.3 is 0 Å². The number of nitriles is 1. The molecule has 1 fully saturated rings. The van der Waals surface area contributed by atoms with Crippen LogP contribution in [0.4, 0.5) is 5.69 Å². The van der Waals surface area contributed by atoms with Gasteiger partial charge in [0.1, 0.15) is 28.2 Å². The first kappa shape index (κ1) is 20.6. The number of carbonyl (C=O) groups is 1. The summed E-state index contributed by atoms with van der Waals surface area (Å²) in [6, 6.07) is 9.54. The van der Waals surface area contributed by atoms with Gasteiger partial charge in [-0.2, -0.15) is 5.26 Å². The van der Waals surface area contributed by atoms with Gasteiger partial charge in [-0.1, -0.05) is 31.4 Å². The molecule has 0 spiro atoms. The number of halogens is 1. The number of nitro groups is 1. The molecule has 1 N–H and O–H groups in total. The Kier molecular flexibility index (Phi) is 6.35. The Morgan fingerprint density at radius 1 is 1.34 bits per heavy atom. The fourth-order valence-corrected chi connectivity index (χ4v) is 3.65. The van der Waals surface area contributed by atoms with Gasteiger partial charge in [-0.15, -0.1) is 0 Å². The molecule has 0 aliphatic heterocycles. The van der Waals surface area contributed by atoms with E-state index in [1.807, 2.05) is 6.07 Å². The lowest BCUT2D eigenvalue weighted by atomic mass is 9.86. The van der Waals surface area contributed by atoms with Gasteiger partial charge in [-0.3, -0.25) is 14.9 Å². The van der Waals surface area contributed by atoms with Crippen LogP contribution in [-0.2, 0) is 4.79 Å². The summed E-state index contributed by atoms with van der Waals surface area (Å²) >= 11 is 5.83. The molecule has 8 heteroatoms. The molecule has 0 radical (unpaired) electrons. The Morgan fingerprint density at radius 2 is 2.10 bits per heavy atom. The molecule has 1 aromatic heterocycles. The van der Waals surface area contributed by atoms with Crippen LogP contribution in [0, 0.1) is 27.4 Å². The lowest BCUT2D eigenvalue weighted by Crippen LogP contribution is -2.41. The molecule has 2 unspecified atom stereocenters. The molecule has 0 saturated heterocycles. The van der Waals surface area contributed by atoms with E-state index >= 15 is 0 Å². The van der Waals surface area contributed by atoms with E-state index in [0.29, 0.717) is 23.0 Å². The van der Waals surface area contributed by atoms with Crippen molar-refractivity contribution >= 4 is 29.3 Å². The highest BCUT2D eigenvalue weighted by Gasteiger charge is 2.24. The van der Waals surface area contributed by atoms with Crippen molar-refractivity contribution in [3.05, 3.63) is 56.8 Å². The van der Waals surface area contributed by atoms with Crippen molar-refractivity contribution in [2.24, 2.45) is 5.92 Å². The summed E-state index contributed by atoms with van der Waals surface area (Å²) in [7, 11) is 0. The Bertz CT molecular complexity index is 1010. The van der Waals surface area contributed by atoms with Gasteiger partial charge in [0, 0.05) is 23.7 Å². The second-order valence-electron chi connectivity index (χ2n) is 7.14. The van der Waals surface area contributed by atoms with Crippen LogP contribution in [-0.4, -0.2) is 16.9 Å². The Hall–Kier alpha value is -3.11. The fourth-order valence-electron chi connectivity index (χ4n) is 3.46. The van der Waals surface area contributed by atoms with Crippen molar-refractivity contribution in [2.45, 2.75) is 38.6 Å². The Morgan fingerprint density at radius 3 is 2.79 bits per heavy atom. The first-order valence-corrected chi connectivity index (χ1v) is 9.73. The summed E-state index contributed by atoms with van der Waals surface area (Å²) in [4.78, 5) is 23.0. The summed E-state index contributed by atoms with van der Waals surface area (Å²) in [5, 5.41) is 23.4. The summed E-state index contributed by atoms with van der Waals surface area (Å²) in [6.07, 6.45) is 5.57.